The number of hydrogen-bond donors (Lipinski definition) is 2. The number of fused-ring (bicyclic) bond motifs is 1. The SMILES string of the molecule is COc1cc(OC)c2c(=O)[nH]c(-c3cc(C)c(OCCOC(=O)Oc4ccc(CC(N)C(=O)OCCO[N+](=O)[O-])cc4)c(C)c3)nc2c1. The van der Waals surface area contributed by atoms with Crippen LogP contribution in [0.3, 0.4) is 0 Å². The molecule has 0 saturated heterocycles. The molecule has 0 spiro atoms. The minimum absolute atomic E-state index is 0.0475. The zero-order valence-electron chi connectivity index (χ0n) is 26.6. The number of nitrogens with one attached hydrogen (secondary N) is 1. The van der Waals surface area contributed by atoms with E-state index in [1.54, 1.807) is 24.3 Å². The third kappa shape index (κ3) is 9.10. The summed E-state index contributed by atoms with van der Waals surface area (Å²) in [6.07, 6.45) is -0.815. The summed E-state index contributed by atoms with van der Waals surface area (Å²) in [7, 11) is 2.99. The van der Waals surface area contributed by atoms with E-state index in [1.165, 1.54) is 26.4 Å². The number of nitrogens with zero attached hydrogens (tertiary/aromatic N) is 2. The molecule has 4 rings (SSSR count). The fourth-order valence-electron chi connectivity index (χ4n) is 4.73. The number of benzene rings is 3. The normalized spacial score (nSPS) is 11.4. The Kier molecular flexibility index (Phi) is 11.7. The van der Waals surface area contributed by atoms with E-state index in [9.17, 15) is 24.5 Å². The van der Waals surface area contributed by atoms with Crippen molar-refractivity contribution in [2.24, 2.45) is 5.73 Å². The van der Waals surface area contributed by atoms with Crippen LogP contribution in [0.4, 0.5) is 4.79 Å². The fourth-order valence-corrected chi connectivity index (χ4v) is 4.73. The summed E-state index contributed by atoms with van der Waals surface area (Å²) in [5, 5.41) is 9.45. The Bertz CT molecular complexity index is 1820. The first-order chi connectivity index (χ1) is 23.0. The van der Waals surface area contributed by atoms with Crippen LogP contribution in [0, 0.1) is 24.0 Å². The topological polar surface area (TPSA) is 214 Å². The Morgan fingerprint density at radius 3 is 2.27 bits per heavy atom. The molecule has 0 radical (unpaired) electrons. The van der Waals surface area contributed by atoms with Crippen molar-refractivity contribution < 1.29 is 47.9 Å². The van der Waals surface area contributed by atoms with E-state index in [2.05, 4.69) is 14.8 Å². The number of H-pyrrole nitrogens is 1. The maximum Gasteiger partial charge on any atom is 0.513 e. The zero-order valence-corrected chi connectivity index (χ0v) is 26.6. The highest BCUT2D eigenvalue weighted by Gasteiger charge is 2.17. The van der Waals surface area contributed by atoms with E-state index in [0.717, 1.165) is 11.1 Å². The summed E-state index contributed by atoms with van der Waals surface area (Å²) in [5.41, 5.74) is 8.77. The van der Waals surface area contributed by atoms with Crippen LogP contribution in [0.5, 0.6) is 23.0 Å². The third-order valence-electron chi connectivity index (χ3n) is 6.89. The van der Waals surface area contributed by atoms with E-state index in [-0.39, 0.29) is 37.6 Å². The van der Waals surface area contributed by atoms with Crippen LogP contribution in [0.2, 0.25) is 0 Å². The number of carbonyl (C=O) groups excluding carboxylic acids is 2. The number of hydrogen-bond acceptors (Lipinski definition) is 14. The number of aromatic amines is 1. The molecule has 254 valence electrons. The van der Waals surface area contributed by atoms with Crippen molar-refractivity contribution in [3.63, 3.8) is 0 Å². The van der Waals surface area contributed by atoms with Crippen LogP contribution < -0.4 is 30.2 Å². The lowest BCUT2D eigenvalue weighted by molar-refractivity contribution is -0.757. The summed E-state index contributed by atoms with van der Waals surface area (Å²) in [5.74, 6) is 1.27. The van der Waals surface area contributed by atoms with Crippen molar-refractivity contribution in [3.05, 3.63) is 85.7 Å². The molecule has 0 fully saturated rings. The number of carbonyl (C=O) groups is 2. The van der Waals surface area contributed by atoms with E-state index in [4.69, 9.17) is 34.2 Å². The molecule has 48 heavy (non-hydrogen) atoms. The van der Waals surface area contributed by atoms with Gasteiger partial charge in [0, 0.05) is 17.7 Å². The quantitative estimate of drug-likeness (QED) is 0.0612. The van der Waals surface area contributed by atoms with E-state index in [1.807, 2.05) is 26.0 Å². The van der Waals surface area contributed by atoms with Gasteiger partial charge in [-0.15, -0.1) is 10.1 Å². The van der Waals surface area contributed by atoms with E-state index >= 15 is 0 Å². The number of methoxy groups -OCH3 is 2. The van der Waals surface area contributed by atoms with Crippen molar-refractivity contribution in [1.82, 2.24) is 9.97 Å². The summed E-state index contributed by atoms with van der Waals surface area (Å²) < 4.78 is 31.7. The van der Waals surface area contributed by atoms with E-state index < -0.39 is 29.9 Å². The van der Waals surface area contributed by atoms with Crippen molar-refractivity contribution in [2.75, 3.05) is 40.6 Å². The van der Waals surface area contributed by atoms with E-state index in [0.29, 0.717) is 45.1 Å². The highest BCUT2D eigenvalue weighted by molar-refractivity contribution is 5.87. The monoisotopic (exact) mass is 666 g/mol. The van der Waals surface area contributed by atoms with Crippen LogP contribution in [0.15, 0.2) is 53.3 Å². The van der Waals surface area contributed by atoms with Gasteiger partial charge in [0.25, 0.3) is 10.6 Å². The first-order valence-electron chi connectivity index (χ1n) is 14.5. The number of rotatable bonds is 15. The molecule has 16 heteroatoms. The molecule has 1 aromatic heterocycles. The maximum absolute atomic E-state index is 12.9. The second-order valence-corrected chi connectivity index (χ2v) is 10.3. The first-order valence-corrected chi connectivity index (χ1v) is 14.5. The molecule has 0 saturated carbocycles. The fraction of sp³-hybridized carbons (Fsp3) is 0.312. The molecule has 4 aromatic rings. The highest BCUT2D eigenvalue weighted by Crippen LogP contribution is 2.31. The summed E-state index contributed by atoms with van der Waals surface area (Å²) in [4.78, 5) is 58.7. The van der Waals surface area contributed by atoms with Gasteiger partial charge < -0.3 is 44.0 Å². The van der Waals surface area contributed by atoms with Crippen LogP contribution in [0.25, 0.3) is 22.3 Å². The number of nitrogens with two attached hydrogens (primary N) is 1. The van der Waals surface area contributed by atoms with Gasteiger partial charge in [-0.25, -0.2) is 9.78 Å². The van der Waals surface area contributed by atoms with Crippen molar-refractivity contribution in [2.45, 2.75) is 26.3 Å². The van der Waals surface area contributed by atoms with Gasteiger partial charge in [-0.05, 0) is 61.2 Å². The Labute approximate surface area is 273 Å². The average Bonchev–Trinajstić information content (AvgIpc) is 3.05. The molecule has 0 aliphatic rings. The lowest BCUT2D eigenvalue weighted by Crippen LogP contribution is -2.35. The maximum atomic E-state index is 12.9. The minimum Gasteiger partial charge on any atom is -0.497 e. The summed E-state index contributed by atoms with van der Waals surface area (Å²) in [6, 6.07) is 12.2. The number of ether oxygens (including phenoxy) is 6. The lowest BCUT2D eigenvalue weighted by Gasteiger charge is -2.15. The van der Waals surface area contributed by atoms with Crippen LogP contribution in [-0.4, -0.2) is 73.9 Å². The van der Waals surface area contributed by atoms with Crippen molar-refractivity contribution in [3.8, 4) is 34.4 Å². The predicted octanol–water partition coefficient (Wildman–Crippen LogP) is 3.44. The molecule has 0 aliphatic heterocycles. The molecule has 0 aliphatic carbocycles. The van der Waals surface area contributed by atoms with Gasteiger partial charge in [0.2, 0.25) is 0 Å². The van der Waals surface area contributed by atoms with Gasteiger partial charge in [-0.1, -0.05) is 12.1 Å². The predicted molar refractivity (Wildman–Crippen MR) is 170 cm³/mol. The van der Waals surface area contributed by atoms with Gasteiger partial charge >= 0.3 is 12.1 Å². The van der Waals surface area contributed by atoms with Gasteiger partial charge in [-0.2, -0.15) is 0 Å². The zero-order chi connectivity index (χ0) is 34.8. The van der Waals surface area contributed by atoms with Gasteiger partial charge in [0.1, 0.15) is 66.7 Å². The molecule has 16 nitrogen and oxygen atoms in total. The minimum atomic E-state index is -1.01. The molecule has 1 unspecified atom stereocenters. The summed E-state index contributed by atoms with van der Waals surface area (Å²) in [6.45, 7) is 2.95. The average molecular weight is 667 g/mol. The molecule has 3 aromatic carbocycles. The molecule has 3 N–H and O–H groups in total. The second-order valence-electron chi connectivity index (χ2n) is 10.3. The standard InChI is InChI=1S/C32H34N4O12/c1-18-13-21(29-34-25-16-23(42-3)17-26(43-4)27(25)30(37)35-29)14-19(2)28(18)44-9-10-46-32(39)48-22-7-5-20(6-8-22)15-24(33)31(38)45-11-12-47-36(40)41/h5-8,13-14,16-17,24H,9-12,15,33H2,1-4H3,(H,34,35,37). The van der Waals surface area contributed by atoms with Gasteiger partial charge in [0.15, 0.2) is 0 Å². The van der Waals surface area contributed by atoms with Crippen molar-refractivity contribution >= 4 is 23.0 Å². The molecular weight excluding hydrogens is 632 g/mol. The van der Waals surface area contributed by atoms with Crippen LogP contribution in [0.1, 0.15) is 16.7 Å². The van der Waals surface area contributed by atoms with Gasteiger partial charge in [0.05, 0.1) is 19.7 Å². The van der Waals surface area contributed by atoms with Crippen LogP contribution in [-0.2, 0) is 25.5 Å². The van der Waals surface area contributed by atoms with Gasteiger partial charge in [-0.3, -0.25) is 9.59 Å². The first kappa shape index (κ1) is 35.0. The number of esters is 1. The smallest absolute Gasteiger partial charge is 0.497 e. The Hall–Kier alpha value is -5.90. The molecule has 1 heterocycles. The Morgan fingerprint density at radius 1 is 0.938 bits per heavy atom. The molecule has 1 atom stereocenters. The van der Waals surface area contributed by atoms with Crippen molar-refractivity contribution in [1.29, 1.82) is 0 Å². The summed E-state index contributed by atoms with van der Waals surface area (Å²) >= 11 is 0. The third-order valence-corrected chi connectivity index (χ3v) is 6.89. The van der Waals surface area contributed by atoms with Crippen LogP contribution >= 0.6 is 0 Å². The molecular formula is C32H34N4O12. The lowest BCUT2D eigenvalue weighted by atomic mass is 10.0. The number of aryl methyl sites for hydroxylation is 2. The highest BCUT2D eigenvalue weighted by atomic mass is 17.0. The Morgan fingerprint density at radius 2 is 1.62 bits per heavy atom. The molecule has 0 amide bonds. The Balaban J connectivity index is 1.27. The molecule has 0 bridgehead atoms. The second kappa shape index (κ2) is 16.1. The largest absolute Gasteiger partial charge is 0.513 e. The number of aromatic nitrogens is 2.